The van der Waals surface area contributed by atoms with E-state index in [2.05, 4.69) is 38.9 Å². The number of carbonyl (C=O) groups excluding carboxylic acids is 1. The van der Waals surface area contributed by atoms with Crippen molar-refractivity contribution in [2.45, 2.75) is 31.2 Å². The summed E-state index contributed by atoms with van der Waals surface area (Å²) in [6, 6.07) is 16.3. The number of benzene rings is 2. The molecule has 2 aliphatic rings. The molecular weight excluding hydrogens is 414 g/mol. The number of amides is 1. The summed E-state index contributed by atoms with van der Waals surface area (Å²) in [4.78, 5) is 28.5. The molecule has 0 bridgehead atoms. The van der Waals surface area contributed by atoms with Gasteiger partial charge in [0.1, 0.15) is 17.4 Å². The van der Waals surface area contributed by atoms with Gasteiger partial charge in [0.2, 0.25) is 0 Å². The Morgan fingerprint density at radius 1 is 1.13 bits per heavy atom. The van der Waals surface area contributed by atoms with E-state index in [0.29, 0.717) is 10.8 Å². The molecule has 0 radical (unpaired) electrons. The van der Waals surface area contributed by atoms with Crippen LogP contribution in [0.4, 0.5) is 4.79 Å². The van der Waals surface area contributed by atoms with Gasteiger partial charge in [-0.25, -0.2) is 9.78 Å². The summed E-state index contributed by atoms with van der Waals surface area (Å²) in [6.07, 6.45) is -0.0129. The molecule has 158 valence electrons. The quantitative estimate of drug-likeness (QED) is 0.626. The molecule has 1 saturated carbocycles. The summed E-state index contributed by atoms with van der Waals surface area (Å²) < 4.78 is 9.85. The molecule has 8 heteroatoms. The van der Waals surface area contributed by atoms with E-state index in [1.807, 2.05) is 24.3 Å². The smallest absolute Gasteiger partial charge is 0.407 e. The van der Waals surface area contributed by atoms with Crippen LogP contribution in [0, 0.1) is 12.8 Å². The minimum Gasteiger partial charge on any atom is -0.481 e. The lowest BCUT2D eigenvalue weighted by Crippen LogP contribution is -2.56. The molecular formula is C23H21N3O4S. The number of aliphatic carboxylic acids is 1. The van der Waals surface area contributed by atoms with Crippen LogP contribution < -0.4 is 5.32 Å². The van der Waals surface area contributed by atoms with Crippen LogP contribution >= 0.6 is 11.5 Å². The molecule has 1 aromatic heterocycles. The summed E-state index contributed by atoms with van der Waals surface area (Å²) in [5, 5.41) is 12.8. The SMILES string of the molecule is Cc1nsc(C2(NC(=O)OCC3c4ccccc4-c4ccccc43)CC(C(=O)O)C2)n1. The van der Waals surface area contributed by atoms with Crippen LogP contribution in [-0.4, -0.2) is 33.1 Å². The van der Waals surface area contributed by atoms with Gasteiger partial charge in [-0.2, -0.15) is 4.37 Å². The minimum absolute atomic E-state index is 0.0361. The van der Waals surface area contributed by atoms with E-state index in [4.69, 9.17) is 4.74 Å². The van der Waals surface area contributed by atoms with Crippen molar-refractivity contribution in [1.29, 1.82) is 0 Å². The predicted molar refractivity (Wildman–Crippen MR) is 115 cm³/mol. The van der Waals surface area contributed by atoms with Crippen LogP contribution in [0.1, 0.15) is 40.7 Å². The first-order chi connectivity index (χ1) is 15.0. The fourth-order valence-corrected chi connectivity index (χ4v) is 5.43. The standard InChI is InChI=1S/C23H21N3O4S/c1-13-24-21(31-26-13)23(10-14(11-23)20(27)28)25-22(29)30-12-19-17-8-4-2-6-15(17)16-7-3-5-9-18(16)19/h2-9,14,19H,10-12H2,1H3,(H,25,29)(H,27,28). The topological polar surface area (TPSA) is 101 Å². The highest BCUT2D eigenvalue weighted by molar-refractivity contribution is 7.05. The van der Waals surface area contributed by atoms with Crippen LogP contribution in [0.25, 0.3) is 11.1 Å². The Bertz CT molecular complexity index is 1120. The lowest BCUT2D eigenvalue weighted by atomic mass is 9.68. The van der Waals surface area contributed by atoms with Gasteiger partial charge in [0, 0.05) is 5.92 Å². The molecule has 0 aliphatic heterocycles. The van der Waals surface area contributed by atoms with E-state index in [9.17, 15) is 14.7 Å². The molecule has 2 aliphatic carbocycles. The number of carboxylic acids is 1. The van der Waals surface area contributed by atoms with Crippen LogP contribution in [0.15, 0.2) is 48.5 Å². The van der Waals surface area contributed by atoms with Gasteiger partial charge in [0.15, 0.2) is 0 Å². The number of aryl methyl sites for hydroxylation is 1. The summed E-state index contributed by atoms with van der Waals surface area (Å²) in [5.74, 6) is -0.817. The van der Waals surface area contributed by atoms with E-state index in [0.717, 1.165) is 22.3 Å². The molecule has 3 aromatic rings. The zero-order chi connectivity index (χ0) is 21.6. The van der Waals surface area contributed by atoms with Gasteiger partial charge < -0.3 is 15.2 Å². The van der Waals surface area contributed by atoms with E-state index in [-0.39, 0.29) is 25.4 Å². The van der Waals surface area contributed by atoms with E-state index < -0.39 is 23.5 Å². The van der Waals surface area contributed by atoms with Crippen molar-refractivity contribution in [2.75, 3.05) is 6.61 Å². The summed E-state index contributed by atoms with van der Waals surface area (Å²) in [6.45, 7) is 1.97. The number of fused-ring (bicyclic) bond motifs is 3. The molecule has 0 spiro atoms. The average molecular weight is 436 g/mol. The molecule has 0 atom stereocenters. The maximum absolute atomic E-state index is 12.8. The number of carbonyl (C=O) groups is 2. The van der Waals surface area contributed by atoms with Gasteiger partial charge in [0.05, 0.1) is 11.5 Å². The molecule has 1 fully saturated rings. The monoisotopic (exact) mass is 435 g/mol. The molecule has 1 amide bonds. The Balaban J connectivity index is 1.32. The van der Waals surface area contributed by atoms with Crippen molar-refractivity contribution < 1.29 is 19.4 Å². The van der Waals surface area contributed by atoms with Crippen molar-refractivity contribution in [2.24, 2.45) is 5.92 Å². The highest BCUT2D eigenvalue weighted by atomic mass is 32.1. The summed E-state index contributed by atoms with van der Waals surface area (Å²) in [7, 11) is 0. The first-order valence-electron chi connectivity index (χ1n) is 10.1. The van der Waals surface area contributed by atoms with E-state index in [1.165, 1.54) is 11.5 Å². The first-order valence-corrected chi connectivity index (χ1v) is 10.9. The largest absolute Gasteiger partial charge is 0.481 e. The Kier molecular flexibility index (Phi) is 4.74. The molecule has 7 nitrogen and oxygen atoms in total. The van der Waals surface area contributed by atoms with Gasteiger partial charge in [-0.3, -0.25) is 4.79 Å². The maximum atomic E-state index is 12.8. The third kappa shape index (κ3) is 3.37. The molecule has 2 N–H and O–H groups in total. The van der Waals surface area contributed by atoms with Gasteiger partial charge in [0.25, 0.3) is 0 Å². The number of alkyl carbamates (subject to hydrolysis) is 1. The summed E-state index contributed by atoms with van der Waals surface area (Å²) in [5.41, 5.74) is 3.77. The fraction of sp³-hybridized carbons (Fsp3) is 0.304. The second-order valence-electron chi connectivity index (χ2n) is 8.12. The third-order valence-electron chi connectivity index (χ3n) is 6.16. The van der Waals surface area contributed by atoms with Gasteiger partial charge in [-0.05, 0) is 53.6 Å². The van der Waals surface area contributed by atoms with Crippen molar-refractivity contribution >= 4 is 23.6 Å². The number of hydrogen-bond acceptors (Lipinski definition) is 6. The Morgan fingerprint density at radius 3 is 2.29 bits per heavy atom. The van der Waals surface area contributed by atoms with Crippen molar-refractivity contribution in [3.8, 4) is 11.1 Å². The van der Waals surface area contributed by atoms with Crippen LogP contribution in [0.3, 0.4) is 0 Å². The third-order valence-corrected chi connectivity index (χ3v) is 7.17. The highest BCUT2D eigenvalue weighted by Gasteiger charge is 2.52. The number of hydrogen-bond donors (Lipinski definition) is 2. The van der Waals surface area contributed by atoms with Gasteiger partial charge >= 0.3 is 12.1 Å². The number of carboxylic acid groups (broad SMARTS) is 1. The number of nitrogens with one attached hydrogen (secondary N) is 1. The summed E-state index contributed by atoms with van der Waals surface area (Å²) >= 11 is 1.19. The number of aromatic nitrogens is 2. The maximum Gasteiger partial charge on any atom is 0.407 e. The lowest BCUT2D eigenvalue weighted by Gasteiger charge is -2.44. The zero-order valence-corrected chi connectivity index (χ0v) is 17.7. The second-order valence-corrected chi connectivity index (χ2v) is 8.87. The number of nitrogens with zero attached hydrogens (tertiary/aromatic N) is 2. The Hall–Kier alpha value is -3.26. The van der Waals surface area contributed by atoms with Gasteiger partial charge in [-0.15, -0.1) is 0 Å². The molecule has 2 aromatic carbocycles. The van der Waals surface area contributed by atoms with Crippen molar-refractivity contribution in [3.05, 3.63) is 70.5 Å². The minimum atomic E-state index is -0.869. The van der Waals surface area contributed by atoms with Crippen molar-refractivity contribution in [1.82, 2.24) is 14.7 Å². The predicted octanol–water partition coefficient (Wildman–Crippen LogP) is 4.08. The first kappa shape index (κ1) is 19.7. The molecule has 5 rings (SSSR count). The molecule has 0 unspecified atom stereocenters. The number of ether oxygens (including phenoxy) is 1. The highest BCUT2D eigenvalue weighted by Crippen LogP contribution is 2.47. The molecule has 31 heavy (non-hydrogen) atoms. The van der Waals surface area contributed by atoms with Gasteiger partial charge in [-0.1, -0.05) is 48.5 Å². The Morgan fingerprint density at radius 2 is 1.74 bits per heavy atom. The second kappa shape index (κ2) is 7.46. The van der Waals surface area contributed by atoms with E-state index >= 15 is 0 Å². The van der Waals surface area contributed by atoms with Crippen LogP contribution in [-0.2, 0) is 15.1 Å². The molecule has 0 saturated heterocycles. The van der Waals surface area contributed by atoms with E-state index in [1.54, 1.807) is 6.92 Å². The lowest BCUT2D eigenvalue weighted by molar-refractivity contribution is -0.148. The average Bonchev–Trinajstić information content (AvgIpc) is 3.30. The molecule has 1 heterocycles. The number of rotatable bonds is 5. The zero-order valence-electron chi connectivity index (χ0n) is 16.9. The fourth-order valence-electron chi connectivity index (χ4n) is 4.61. The van der Waals surface area contributed by atoms with Crippen LogP contribution in [0.2, 0.25) is 0 Å². The Labute approximate surface area is 183 Å². The normalized spacial score (nSPS) is 21.6. The van der Waals surface area contributed by atoms with Crippen molar-refractivity contribution in [3.63, 3.8) is 0 Å². The van der Waals surface area contributed by atoms with Crippen LogP contribution in [0.5, 0.6) is 0 Å².